The zero-order valence-corrected chi connectivity index (χ0v) is 12.0. The summed E-state index contributed by atoms with van der Waals surface area (Å²) in [5.74, 6) is 0.150. The van der Waals surface area contributed by atoms with Gasteiger partial charge in [0.15, 0.2) is 0 Å². The van der Waals surface area contributed by atoms with Gasteiger partial charge in [-0.2, -0.15) is 0 Å². The first kappa shape index (κ1) is 15.4. The van der Waals surface area contributed by atoms with Gasteiger partial charge in [-0.3, -0.25) is 4.79 Å². The van der Waals surface area contributed by atoms with Crippen molar-refractivity contribution < 1.29 is 9.90 Å². The molecule has 0 saturated carbocycles. The molecule has 0 bridgehead atoms. The topological polar surface area (TPSA) is 52.6 Å². The molecule has 0 aromatic carbocycles. The van der Waals surface area contributed by atoms with Gasteiger partial charge >= 0.3 is 5.97 Å². The largest absolute Gasteiger partial charge is 0.480 e. The molecule has 1 aliphatic rings. The minimum absolute atomic E-state index is 0.687. The molecule has 0 aromatic heterocycles. The Hall–Kier alpha value is -0.610. The Morgan fingerprint density at radius 1 is 1.44 bits per heavy atom. The molecule has 106 valence electrons. The smallest absolute Gasteiger partial charge is 0.323 e. The molecule has 2 N–H and O–H groups in total. The van der Waals surface area contributed by atoms with Gasteiger partial charge in [0.2, 0.25) is 0 Å². The van der Waals surface area contributed by atoms with Crippen LogP contribution in [0.4, 0.5) is 0 Å². The highest BCUT2D eigenvalue weighted by atomic mass is 16.4. The number of carboxylic acid groups (broad SMARTS) is 1. The molecule has 0 spiro atoms. The average molecular weight is 256 g/mol. The van der Waals surface area contributed by atoms with E-state index < -0.39 is 11.5 Å². The van der Waals surface area contributed by atoms with Crippen molar-refractivity contribution in [1.29, 1.82) is 0 Å². The van der Waals surface area contributed by atoms with Crippen LogP contribution in [0, 0.1) is 5.92 Å². The third kappa shape index (κ3) is 4.25. The van der Waals surface area contributed by atoms with E-state index in [1.165, 1.54) is 32.4 Å². The van der Waals surface area contributed by atoms with Crippen molar-refractivity contribution in [2.75, 3.05) is 26.7 Å². The van der Waals surface area contributed by atoms with Crippen LogP contribution >= 0.6 is 0 Å². The number of likely N-dealkylation sites (N-methyl/N-ethyl adjacent to an activating group) is 1. The Morgan fingerprint density at radius 3 is 2.50 bits per heavy atom. The van der Waals surface area contributed by atoms with Gasteiger partial charge in [-0.25, -0.2) is 0 Å². The lowest BCUT2D eigenvalue weighted by Gasteiger charge is -2.32. The van der Waals surface area contributed by atoms with Gasteiger partial charge in [-0.05, 0) is 65.2 Å². The van der Waals surface area contributed by atoms with Gasteiger partial charge in [0.1, 0.15) is 5.54 Å². The van der Waals surface area contributed by atoms with E-state index in [1.807, 2.05) is 0 Å². The van der Waals surface area contributed by atoms with E-state index in [1.54, 1.807) is 14.0 Å². The molecule has 1 saturated heterocycles. The fourth-order valence-electron chi connectivity index (χ4n) is 2.61. The van der Waals surface area contributed by atoms with Gasteiger partial charge in [-0.15, -0.1) is 0 Å². The average Bonchev–Trinajstić information content (AvgIpc) is 2.39. The van der Waals surface area contributed by atoms with Crippen molar-refractivity contribution in [2.24, 2.45) is 5.92 Å². The third-order valence-electron chi connectivity index (χ3n) is 4.46. The minimum atomic E-state index is -0.776. The first-order chi connectivity index (χ1) is 8.51. The summed E-state index contributed by atoms with van der Waals surface area (Å²) in [6.45, 7) is 7.43. The summed E-state index contributed by atoms with van der Waals surface area (Å²) in [6, 6.07) is 0. The highest BCUT2D eigenvalue weighted by Crippen LogP contribution is 2.21. The lowest BCUT2D eigenvalue weighted by Crippen LogP contribution is -2.48. The zero-order chi connectivity index (χ0) is 13.6. The van der Waals surface area contributed by atoms with Crippen LogP contribution in [0.2, 0.25) is 0 Å². The maximum absolute atomic E-state index is 11.1. The number of carboxylic acids is 1. The summed E-state index contributed by atoms with van der Waals surface area (Å²) in [4.78, 5) is 13.6. The van der Waals surface area contributed by atoms with E-state index in [0.717, 1.165) is 18.9 Å². The molecule has 18 heavy (non-hydrogen) atoms. The maximum atomic E-state index is 11.1. The summed E-state index contributed by atoms with van der Waals surface area (Å²) in [5.41, 5.74) is -0.776. The minimum Gasteiger partial charge on any atom is -0.480 e. The Kier molecular flexibility index (Phi) is 6.09. The second-order valence-corrected chi connectivity index (χ2v) is 5.68. The fraction of sp³-hybridized carbons (Fsp3) is 0.929. The molecular formula is C14H28N2O2. The van der Waals surface area contributed by atoms with E-state index in [9.17, 15) is 4.79 Å². The highest BCUT2D eigenvalue weighted by molar-refractivity contribution is 5.78. The molecule has 4 heteroatoms. The number of carbonyl (C=O) groups is 1. The molecule has 0 aliphatic carbocycles. The maximum Gasteiger partial charge on any atom is 0.323 e. The van der Waals surface area contributed by atoms with Crippen LogP contribution in [-0.2, 0) is 4.79 Å². The Balaban J connectivity index is 2.24. The predicted octanol–water partition coefficient (Wildman–Crippen LogP) is 1.95. The summed E-state index contributed by atoms with van der Waals surface area (Å²) in [5, 5.41) is 12.1. The zero-order valence-electron chi connectivity index (χ0n) is 12.0. The van der Waals surface area contributed by atoms with E-state index >= 15 is 0 Å². The molecule has 0 amide bonds. The van der Waals surface area contributed by atoms with Gasteiger partial charge in [0.25, 0.3) is 0 Å². The van der Waals surface area contributed by atoms with E-state index in [2.05, 4.69) is 17.1 Å². The van der Waals surface area contributed by atoms with Crippen molar-refractivity contribution in [3.63, 3.8) is 0 Å². The molecule has 1 rings (SSSR count). The number of nitrogens with one attached hydrogen (secondary N) is 1. The van der Waals surface area contributed by atoms with Crippen LogP contribution in [-0.4, -0.2) is 48.2 Å². The molecule has 1 atom stereocenters. The Bertz CT molecular complexity index is 263. The molecule has 1 fully saturated rings. The number of hydrogen-bond acceptors (Lipinski definition) is 3. The van der Waals surface area contributed by atoms with E-state index in [-0.39, 0.29) is 0 Å². The predicted molar refractivity (Wildman–Crippen MR) is 73.8 cm³/mol. The summed E-state index contributed by atoms with van der Waals surface area (Å²) >= 11 is 0. The van der Waals surface area contributed by atoms with E-state index in [0.29, 0.717) is 6.42 Å². The highest BCUT2D eigenvalue weighted by Gasteiger charge is 2.30. The normalized spacial score (nSPS) is 21.7. The SMILES string of the molecule is CCC1CCN(CCCC(C)(NC)C(=O)O)CC1. The Morgan fingerprint density at radius 2 is 2.06 bits per heavy atom. The molecular weight excluding hydrogens is 228 g/mol. The second kappa shape index (κ2) is 7.10. The summed E-state index contributed by atoms with van der Waals surface area (Å²) in [7, 11) is 1.72. The van der Waals surface area contributed by atoms with Crippen molar-refractivity contribution in [3.05, 3.63) is 0 Å². The van der Waals surface area contributed by atoms with Gasteiger partial charge < -0.3 is 15.3 Å². The third-order valence-corrected chi connectivity index (χ3v) is 4.46. The number of piperidine rings is 1. The summed E-state index contributed by atoms with van der Waals surface area (Å²) < 4.78 is 0. The number of likely N-dealkylation sites (tertiary alicyclic amines) is 1. The van der Waals surface area contributed by atoms with Gasteiger partial charge in [0.05, 0.1) is 0 Å². The number of rotatable bonds is 7. The lowest BCUT2D eigenvalue weighted by atomic mass is 9.93. The lowest BCUT2D eigenvalue weighted by molar-refractivity contribution is -0.144. The van der Waals surface area contributed by atoms with Crippen molar-refractivity contribution in [3.8, 4) is 0 Å². The number of aliphatic carboxylic acids is 1. The van der Waals surface area contributed by atoms with Crippen LogP contribution in [0.1, 0.15) is 46.0 Å². The van der Waals surface area contributed by atoms with Crippen molar-refractivity contribution in [2.45, 2.75) is 51.5 Å². The van der Waals surface area contributed by atoms with Crippen molar-refractivity contribution >= 4 is 5.97 Å². The quantitative estimate of drug-likeness (QED) is 0.731. The van der Waals surface area contributed by atoms with Crippen LogP contribution < -0.4 is 5.32 Å². The number of hydrogen-bond donors (Lipinski definition) is 2. The van der Waals surface area contributed by atoms with Crippen LogP contribution in [0.25, 0.3) is 0 Å². The molecule has 1 unspecified atom stereocenters. The van der Waals surface area contributed by atoms with Crippen LogP contribution in [0.15, 0.2) is 0 Å². The summed E-state index contributed by atoms with van der Waals surface area (Å²) in [6.07, 6.45) is 5.54. The monoisotopic (exact) mass is 256 g/mol. The molecule has 0 radical (unpaired) electrons. The first-order valence-electron chi connectivity index (χ1n) is 7.16. The van der Waals surface area contributed by atoms with E-state index in [4.69, 9.17) is 5.11 Å². The molecule has 1 aliphatic heterocycles. The Labute approximate surface area is 111 Å². The number of nitrogens with zero attached hydrogens (tertiary/aromatic N) is 1. The first-order valence-corrected chi connectivity index (χ1v) is 7.16. The molecule has 4 nitrogen and oxygen atoms in total. The fourth-order valence-corrected chi connectivity index (χ4v) is 2.61. The van der Waals surface area contributed by atoms with Crippen molar-refractivity contribution in [1.82, 2.24) is 10.2 Å². The molecule has 0 aromatic rings. The van der Waals surface area contributed by atoms with Crippen LogP contribution in [0.3, 0.4) is 0 Å². The second-order valence-electron chi connectivity index (χ2n) is 5.68. The standard InChI is InChI=1S/C14H28N2O2/c1-4-12-6-10-16(11-7-12)9-5-8-14(2,15-3)13(17)18/h12,15H,4-11H2,1-3H3,(H,17,18). The molecule has 1 heterocycles. The van der Waals surface area contributed by atoms with Gasteiger partial charge in [-0.1, -0.05) is 13.3 Å². The van der Waals surface area contributed by atoms with Gasteiger partial charge in [0, 0.05) is 0 Å². The van der Waals surface area contributed by atoms with Crippen LogP contribution in [0.5, 0.6) is 0 Å².